The number of alkyl carbamates (subject to hydrolysis) is 1. The Morgan fingerprint density at radius 2 is 1.86 bits per heavy atom. The molecule has 2 aromatic carbocycles. The van der Waals surface area contributed by atoms with Crippen molar-refractivity contribution in [3.63, 3.8) is 0 Å². The summed E-state index contributed by atoms with van der Waals surface area (Å²) in [6, 6.07) is 14.5. The van der Waals surface area contributed by atoms with Gasteiger partial charge < -0.3 is 19.7 Å². The molecule has 0 spiro atoms. The second kappa shape index (κ2) is 12.1. The predicted octanol–water partition coefficient (Wildman–Crippen LogP) is 6.45. The molecular weight excluding hydrogens is 468 g/mol. The summed E-state index contributed by atoms with van der Waals surface area (Å²) in [5, 5.41) is 14.4. The molecule has 4 rings (SSSR count). The zero-order valence-corrected chi connectivity index (χ0v) is 22.5. The number of carbonyl (C=O) groups is 1. The molecule has 0 bridgehead atoms. The number of nitrogens with zero attached hydrogens (tertiary/aromatic N) is 1. The van der Waals surface area contributed by atoms with E-state index in [2.05, 4.69) is 34.1 Å². The summed E-state index contributed by atoms with van der Waals surface area (Å²) in [6.45, 7) is 6.85. The van der Waals surface area contributed by atoms with Gasteiger partial charge >= 0.3 is 6.09 Å². The highest BCUT2D eigenvalue weighted by Crippen LogP contribution is 2.45. The minimum absolute atomic E-state index is 0.0368. The summed E-state index contributed by atoms with van der Waals surface area (Å²) in [5.41, 5.74) is 5.94. The summed E-state index contributed by atoms with van der Waals surface area (Å²) in [4.78, 5) is 22.5. The molecular formula is C30H40N2O5. The van der Waals surface area contributed by atoms with Crippen LogP contribution in [0.25, 0.3) is 22.2 Å². The van der Waals surface area contributed by atoms with E-state index in [1.165, 1.54) is 37.3 Å². The van der Waals surface area contributed by atoms with Gasteiger partial charge in [-0.05, 0) is 62.3 Å². The van der Waals surface area contributed by atoms with Gasteiger partial charge in [0, 0.05) is 29.6 Å². The largest absolute Gasteiger partial charge is 0.444 e. The van der Waals surface area contributed by atoms with Crippen molar-refractivity contribution in [1.82, 2.24) is 9.88 Å². The SMILES string of the molecule is COOCc1ccc2c(C3CCCCC3)c(-c3ccccc3CO)n(CCNC(=O)OC(C)(C)C)c2c1. The van der Waals surface area contributed by atoms with E-state index in [0.29, 0.717) is 25.6 Å². The highest BCUT2D eigenvalue weighted by molar-refractivity contribution is 5.93. The van der Waals surface area contributed by atoms with Gasteiger partial charge in [-0.25, -0.2) is 14.6 Å². The van der Waals surface area contributed by atoms with Crippen LogP contribution in [0.1, 0.15) is 75.5 Å². The van der Waals surface area contributed by atoms with Gasteiger partial charge in [-0.15, -0.1) is 0 Å². The Bertz CT molecular complexity index is 1200. The Labute approximate surface area is 219 Å². The fraction of sp³-hybridized carbons (Fsp3) is 0.500. The van der Waals surface area contributed by atoms with Crippen LogP contribution in [-0.2, 0) is 34.3 Å². The lowest BCUT2D eigenvalue weighted by molar-refractivity contribution is -0.282. The molecule has 2 N–H and O–H groups in total. The van der Waals surface area contributed by atoms with Crippen molar-refractivity contribution < 1.29 is 24.4 Å². The number of hydrogen-bond acceptors (Lipinski definition) is 5. The molecule has 3 aromatic rings. The van der Waals surface area contributed by atoms with Crippen LogP contribution in [-0.4, -0.2) is 35.0 Å². The first-order valence-corrected chi connectivity index (χ1v) is 13.3. The molecule has 37 heavy (non-hydrogen) atoms. The molecule has 1 heterocycles. The van der Waals surface area contributed by atoms with Gasteiger partial charge in [0.2, 0.25) is 0 Å². The Hall–Kier alpha value is -2.87. The molecule has 1 saturated carbocycles. The summed E-state index contributed by atoms with van der Waals surface area (Å²) in [5.74, 6) is 0.444. The summed E-state index contributed by atoms with van der Waals surface area (Å²) >= 11 is 0. The lowest BCUT2D eigenvalue weighted by atomic mass is 9.81. The van der Waals surface area contributed by atoms with Crippen molar-refractivity contribution >= 4 is 17.0 Å². The molecule has 1 fully saturated rings. The molecule has 1 aromatic heterocycles. The van der Waals surface area contributed by atoms with Gasteiger partial charge in [0.15, 0.2) is 0 Å². The topological polar surface area (TPSA) is 82.0 Å². The smallest absolute Gasteiger partial charge is 0.407 e. The number of aromatic nitrogens is 1. The number of aliphatic hydroxyl groups excluding tert-OH is 1. The average molecular weight is 509 g/mol. The van der Waals surface area contributed by atoms with E-state index >= 15 is 0 Å². The molecule has 0 aliphatic heterocycles. The first kappa shape index (κ1) is 27.2. The number of nitrogens with one attached hydrogen (secondary N) is 1. The standard InChI is InChI=1S/C30H40N2O5/c1-30(2,3)37-29(34)31-16-17-32-26-18-21(20-36-35-4)14-15-25(26)27(22-10-6-5-7-11-22)28(32)24-13-9-8-12-23(24)19-33/h8-9,12-15,18,22,33H,5-7,10-11,16-17,19-20H2,1-4H3,(H,31,34). The van der Waals surface area contributed by atoms with E-state index in [9.17, 15) is 9.90 Å². The van der Waals surface area contributed by atoms with Gasteiger partial charge in [0.05, 0.1) is 19.4 Å². The van der Waals surface area contributed by atoms with E-state index in [-0.39, 0.29) is 6.61 Å². The van der Waals surface area contributed by atoms with Crippen LogP contribution in [0, 0.1) is 0 Å². The van der Waals surface area contributed by atoms with Gasteiger partial charge in [0.1, 0.15) is 12.2 Å². The van der Waals surface area contributed by atoms with Crippen LogP contribution in [0.2, 0.25) is 0 Å². The highest BCUT2D eigenvalue weighted by atomic mass is 17.2. The minimum atomic E-state index is -0.556. The first-order valence-electron chi connectivity index (χ1n) is 13.3. The van der Waals surface area contributed by atoms with Gasteiger partial charge in [0.25, 0.3) is 0 Å². The maximum Gasteiger partial charge on any atom is 0.407 e. The summed E-state index contributed by atoms with van der Waals surface area (Å²) in [7, 11) is 1.51. The number of aliphatic hydroxyl groups is 1. The van der Waals surface area contributed by atoms with Crippen LogP contribution in [0.5, 0.6) is 0 Å². The minimum Gasteiger partial charge on any atom is -0.444 e. The Morgan fingerprint density at radius 3 is 2.57 bits per heavy atom. The normalized spacial score (nSPS) is 14.7. The molecule has 1 amide bonds. The molecule has 7 nitrogen and oxygen atoms in total. The Morgan fingerprint density at radius 1 is 1.11 bits per heavy atom. The van der Waals surface area contributed by atoms with Crippen molar-refractivity contribution in [3.05, 3.63) is 59.2 Å². The lowest BCUT2D eigenvalue weighted by Gasteiger charge is -2.24. The lowest BCUT2D eigenvalue weighted by Crippen LogP contribution is -2.34. The number of fused-ring (bicyclic) bond motifs is 1. The van der Waals surface area contributed by atoms with Crippen molar-refractivity contribution in [3.8, 4) is 11.3 Å². The Balaban J connectivity index is 1.84. The van der Waals surface area contributed by atoms with Crippen molar-refractivity contribution in [1.29, 1.82) is 0 Å². The maximum absolute atomic E-state index is 12.4. The number of ether oxygens (including phenoxy) is 1. The van der Waals surface area contributed by atoms with E-state index in [4.69, 9.17) is 14.5 Å². The maximum atomic E-state index is 12.4. The molecule has 1 aliphatic rings. The van der Waals surface area contributed by atoms with Crippen molar-refractivity contribution in [2.75, 3.05) is 13.7 Å². The molecule has 7 heteroatoms. The first-order chi connectivity index (χ1) is 17.8. The van der Waals surface area contributed by atoms with Crippen molar-refractivity contribution in [2.24, 2.45) is 0 Å². The third-order valence-corrected chi connectivity index (χ3v) is 6.97. The predicted molar refractivity (Wildman–Crippen MR) is 145 cm³/mol. The fourth-order valence-electron chi connectivity index (χ4n) is 5.44. The van der Waals surface area contributed by atoms with E-state index in [1.54, 1.807) is 0 Å². The van der Waals surface area contributed by atoms with E-state index in [0.717, 1.165) is 40.7 Å². The van der Waals surface area contributed by atoms with Crippen LogP contribution in [0.15, 0.2) is 42.5 Å². The van der Waals surface area contributed by atoms with Crippen LogP contribution < -0.4 is 5.32 Å². The van der Waals surface area contributed by atoms with Crippen molar-refractivity contribution in [2.45, 2.75) is 84.2 Å². The molecule has 1 aliphatic carbocycles. The monoisotopic (exact) mass is 508 g/mol. The number of rotatable bonds is 9. The van der Waals surface area contributed by atoms with E-state index < -0.39 is 11.7 Å². The summed E-state index contributed by atoms with van der Waals surface area (Å²) in [6.07, 6.45) is 5.59. The Kier molecular flexibility index (Phi) is 8.90. The third-order valence-electron chi connectivity index (χ3n) is 6.97. The summed E-state index contributed by atoms with van der Waals surface area (Å²) < 4.78 is 7.75. The molecule has 0 radical (unpaired) electrons. The molecule has 0 saturated heterocycles. The number of hydrogen-bond donors (Lipinski definition) is 2. The second-order valence-electron chi connectivity index (χ2n) is 10.8. The average Bonchev–Trinajstić information content (AvgIpc) is 3.20. The molecule has 0 atom stereocenters. The van der Waals surface area contributed by atoms with Gasteiger partial charge in [-0.3, -0.25) is 0 Å². The third kappa shape index (κ3) is 6.53. The van der Waals surface area contributed by atoms with E-state index in [1.807, 2.05) is 39.0 Å². The van der Waals surface area contributed by atoms with Crippen LogP contribution in [0.4, 0.5) is 4.79 Å². The zero-order valence-electron chi connectivity index (χ0n) is 22.5. The highest BCUT2D eigenvalue weighted by Gasteiger charge is 2.27. The fourth-order valence-corrected chi connectivity index (χ4v) is 5.44. The zero-order chi connectivity index (χ0) is 26.4. The van der Waals surface area contributed by atoms with Crippen LogP contribution >= 0.6 is 0 Å². The molecule has 0 unspecified atom stereocenters. The van der Waals surface area contributed by atoms with Gasteiger partial charge in [-0.2, -0.15) is 0 Å². The number of carbonyl (C=O) groups excluding carboxylic acids is 1. The molecule has 200 valence electrons. The second-order valence-corrected chi connectivity index (χ2v) is 10.8. The number of amides is 1. The number of benzene rings is 2. The van der Waals surface area contributed by atoms with Crippen LogP contribution in [0.3, 0.4) is 0 Å². The van der Waals surface area contributed by atoms with Gasteiger partial charge in [-0.1, -0.05) is 55.7 Å². The quantitative estimate of drug-likeness (QED) is 0.256.